The Bertz CT molecular complexity index is 241. The Morgan fingerprint density at radius 2 is 1.75 bits per heavy atom. The van der Waals surface area contributed by atoms with Gasteiger partial charge in [-0.2, -0.15) is 0 Å². The van der Waals surface area contributed by atoms with Gasteiger partial charge in [0.1, 0.15) is 0 Å². The molecule has 1 heterocycles. The Hall–Kier alpha value is -0.610. The summed E-state index contributed by atoms with van der Waals surface area (Å²) in [6.45, 7) is 5.49. The predicted octanol–water partition coefficient (Wildman–Crippen LogP) is 0.879. The highest BCUT2D eigenvalue weighted by Crippen LogP contribution is 2.27. The molecule has 0 aromatic rings. The van der Waals surface area contributed by atoms with Crippen LogP contribution >= 0.6 is 0 Å². The van der Waals surface area contributed by atoms with Crippen LogP contribution in [0.1, 0.15) is 25.7 Å². The Balaban J connectivity index is 1.71. The molecule has 2 rings (SSSR count). The molecule has 0 aromatic carbocycles. The van der Waals surface area contributed by atoms with Crippen LogP contribution in [0.5, 0.6) is 0 Å². The van der Waals surface area contributed by atoms with E-state index in [0.717, 1.165) is 38.5 Å². The maximum Gasteiger partial charge on any atom is 0.317 e. The lowest BCUT2D eigenvalue weighted by atomic mass is 9.85. The minimum atomic E-state index is -0.701. The number of rotatable bonds is 4. The van der Waals surface area contributed by atoms with Crippen molar-refractivity contribution in [2.24, 2.45) is 5.92 Å². The van der Waals surface area contributed by atoms with Gasteiger partial charge < -0.3 is 10.0 Å². The van der Waals surface area contributed by atoms with Crippen LogP contribution in [0.4, 0.5) is 0 Å². The summed E-state index contributed by atoms with van der Waals surface area (Å²) in [5, 5.41) is 8.76. The van der Waals surface area contributed by atoms with Crippen LogP contribution in [0.15, 0.2) is 0 Å². The lowest BCUT2D eigenvalue weighted by Crippen LogP contribution is -2.37. The summed E-state index contributed by atoms with van der Waals surface area (Å²) in [6, 6.07) is 0. The zero-order valence-corrected chi connectivity index (χ0v) is 9.90. The topological polar surface area (TPSA) is 43.8 Å². The van der Waals surface area contributed by atoms with E-state index in [9.17, 15) is 4.79 Å². The van der Waals surface area contributed by atoms with E-state index >= 15 is 0 Å². The van der Waals surface area contributed by atoms with Crippen molar-refractivity contribution >= 4 is 5.97 Å². The molecule has 1 N–H and O–H groups in total. The minimum Gasteiger partial charge on any atom is -0.480 e. The van der Waals surface area contributed by atoms with Gasteiger partial charge in [0.25, 0.3) is 0 Å². The standard InChI is InChI=1S/C12H22N2O2/c15-12(16)10-14-6-2-5-13(7-8-14)9-11-3-1-4-11/h11H,1-10H2,(H,15,16). The molecule has 0 atom stereocenters. The van der Waals surface area contributed by atoms with Crippen molar-refractivity contribution in [3.8, 4) is 0 Å². The molecule has 4 heteroatoms. The van der Waals surface area contributed by atoms with Crippen molar-refractivity contribution in [1.82, 2.24) is 9.80 Å². The summed E-state index contributed by atoms with van der Waals surface area (Å²) in [7, 11) is 0. The summed E-state index contributed by atoms with van der Waals surface area (Å²) in [4.78, 5) is 15.2. The van der Waals surface area contributed by atoms with Crippen molar-refractivity contribution < 1.29 is 9.90 Å². The van der Waals surface area contributed by atoms with E-state index in [2.05, 4.69) is 9.80 Å². The lowest BCUT2D eigenvalue weighted by molar-refractivity contribution is -0.138. The fourth-order valence-corrected chi connectivity index (χ4v) is 2.60. The van der Waals surface area contributed by atoms with Crippen LogP contribution in [0.3, 0.4) is 0 Å². The second-order valence-electron chi connectivity index (χ2n) is 5.12. The number of nitrogens with zero attached hydrogens (tertiary/aromatic N) is 2. The van der Waals surface area contributed by atoms with Crippen molar-refractivity contribution in [2.45, 2.75) is 25.7 Å². The summed E-state index contributed by atoms with van der Waals surface area (Å²) in [5.41, 5.74) is 0. The average molecular weight is 226 g/mol. The molecular formula is C12H22N2O2. The maximum absolute atomic E-state index is 10.6. The van der Waals surface area contributed by atoms with Crippen LogP contribution in [-0.4, -0.2) is 60.1 Å². The number of hydrogen-bond donors (Lipinski definition) is 1. The normalized spacial score (nSPS) is 25.0. The quantitative estimate of drug-likeness (QED) is 0.773. The van der Waals surface area contributed by atoms with E-state index in [0.29, 0.717) is 0 Å². The lowest BCUT2D eigenvalue weighted by Gasteiger charge is -2.31. The predicted molar refractivity (Wildman–Crippen MR) is 62.5 cm³/mol. The zero-order chi connectivity index (χ0) is 11.4. The average Bonchev–Trinajstić information content (AvgIpc) is 2.37. The fraction of sp³-hybridized carbons (Fsp3) is 0.917. The molecule has 1 saturated carbocycles. The molecule has 0 bridgehead atoms. The summed E-state index contributed by atoms with van der Waals surface area (Å²) >= 11 is 0. The van der Waals surface area contributed by atoms with E-state index in [-0.39, 0.29) is 6.54 Å². The number of carboxylic acids is 1. The molecule has 0 unspecified atom stereocenters. The van der Waals surface area contributed by atoms with Gasteiger partial charge in [0.2, 0.25) is 0 Å². The molecule has 0 radical (unpaired) electrons. The zero-order valence-electron chi connectivity index (χ0n) is 9.90. The molecule has 1 saturated heterocycles. The van der Waals surface area contributed by atoms with Gasteiger partial charge >= 0.3 is 5.97 Å². The first-order valence-electron chi connectivity index (χ1n) is 6.40. The van der Waals surface area contributed by atoms with Crippen LogP contribution < -0.4 is 0 Å². The highest BCUT2D eigenvalue weighted by Gasteiger charge is 2.22. The second-order valence-corrected chi connectivity index (χ2v) is 5.12. The molecule has 2 fully saturated rings. The molecule has 1 aliphatic carbocycles. The number of aliphatic carboxylic acids is 1. The van der Waals surface area contributed by atoms with E-state index in [1.54, 1.807) is 0 Å². The fourth-order valence-electron chi connectivity index (χ4n) is 2.60. The Kier molecular flexibility index (Phi) is 4.18. The third-order valence-electron chi connectivity index (χ3n) is 3.78. The van der Waals surface area contributed by atoms with Gasteiger partial charge in [0.15, 0.2) is 0 Å². The Morgan fingerprint density at radius 1 is 1.06 bits per heavy atom. The highest BCUT2D eigenvalue weighted by molar-refractivity contribution is 5.69. The van der Waals surface area contributed by atoms with Gasteiger partial charge in [-0.25, -0.2) is 0 Å². The first-order valence-corrected chi connectivity index (χ1v) is 6.40. The Morgan fingerprint density at radius 3 is 2.38 bits per heavy atom. The first-order chi connectivity index (χ1) is 7.74. The van der Waals surface area contributed by atoms with Crippen molar-refractivity contribution in [3.05, 3.63) is 0 Å². The van der Waals surface area contributed by atoms with Gasteiger partial charge in [-0.3, -0.25) is 9.69 Å². The molecule has 1 aliphatic heterocycles. The molecule has 0 amide bonds. The number of hydrogen-bond acceptors (Lipinski definition) is 3. The van der Waals surface area contributed by atoms with Crippen LogP contribution in [-0.2, 0) is 4.79 Å². The SMILES string of the molecule is O=C(O)CN1CCCN(CC2CCC2)CC1. The smallest absolute Gasteiger partial charge is 0.317 e. The van der Waals surface area contributed by atoms with Crippen LogP contribution in [0.25, 0.3) is 0 Å². The minimum absolute atomic E-state index is 0.206. The van der Waals surface area contributed by atoms with Gasteiger partial charge in [-0.15, -0.1) is 0 Å². The van der Waals surface area contributed by atoms with E-state index in [1.807, 2.05) is 0 Å². The van der Waals surface area contributed by atoms with E-state index < -0.39 is 5.97 Å². The van der Waals surface area contributed by atoms with Gasteiger partial charge in [-0.1, -0.05) is 6.42 Å². The molecule has 2 aliphatic rings. The molecule has 0 aromatic heterocycles. The van der Waals surface area contributed by atoms with Gasteiger partial charge in [0, 0.05) is 26.2 Å². The van der Waals surface area contributed by atoms with Gasteiger partial charge in [0.05, 0.1) is 6.54 Å². The number of carbonyl (C=O) groups is 1. The summed E-state index contributed by atoms with van der Waals surface area (Å²) < 4.78 is 0. The maximum atomic E-state index is 10.6. The Labute approximate surface area is 97.2 Å². The highest BCUT2D eigenvalue weighted by atomic mass is 16.4. The number of carboxylic acid groups (broad SMARTS) is 1. The van der Waals surface area contributed by atoms with Crippen molar-refractivity contribution in [3.63, 3.8) is 0 Å². The third kappa shape index (κ3) is 3.46. The summed E-state index contributed by atoms with van der Waals surface area (Å²) in [6.07, 6.45) is 5.31. The van der Waals surface area contributed by atoms with Crippen LogP contribution in [0, 0.1) is 5.92 Å². The van der Waals surface area contributed by atoms with E-state index in [4.69, 9.17) is 5.11 Å². The van der Waals surface area contributed by atoms with E-state index in [1.165, 1.54) is 25.8 Å². The molecule has 16 heavy (non-hydrogen) atoms. The van der Waals surface area contributed by atoms with Gasteiger partial charge in [-0.05, 0) is 31.7 Å². The third-order valence-corrected chi connectivity index (χ3v) is 3.78. The first kappa shape index (κ1) is 11.9. The van der Waals surface area contributed by atoms with Crippen molar-refractivity contribution in [1.29, 1.82) is 0 Å². The molecule has 0 spiro atoms. The monoisotopic (exact) mass is 226 g/mol. The largest absolute Gasteiger partial charge is 0.480 e. The van der Waals surface area contributed by atoms with Crippen molar-refractivity contribution in [2.75, 3.05) is 39.3 Å². The molecular weight excluding hydrogens is 204 g/mol. The van der Waals surface area contributed by atoms with Crippen LogP contribution in [0.2, 0.25) is 0 Å². The molecule has 4 nitrogen and oxygen atoms in total. The summed E-state index contributed by atoms with van der Waals surface area (Å²) in [5.74, 6) is 0.221. The second kappa shape index (κ2) is 5.64. The molecule has 92 valence electrons.